The molecule has 0 unspecified atom stereocenters. The van der Waals surface area contributed by atoms with Gasteiger partial charge in [0.15, 0.2) is 11.5 Å². The van der Waals surface area contributed by atoms with Crippen LogP contribution in [0.25, 0.3) is 10.2 Å². The van der Waals surface area contributed by atoms with E-state index in [0.29, 0.717) is 6.79 Å². The van der Waals surface area contributed by atoms with Gasteiger partial charge in [0.25, 0.3) is 0 Å². The first kappa shape index (κ1) is 15.5. The Morgan fingerprint density at radius 3 is 2.96 bits per heavy atom. The number of thiophene rings is 1. The van der Waals surface area contributed by atoms with E-state index in [4.69, 9.17) is 19.4 Å². The molecule has 0 N–H and O–H groups in total. The van der Waals surface area contributed by atoms with Crippen molar-refractivity contribution in [2.45, 2.75) is 43.4 Å². The van der Waals surface area contributed by atoms with Crippen LogP contribution in [-0.2, 0) is 18.6 Å². The lowest BCUT2D eigenvalue weighted by Gasteiger charge is -2.12. The normalized spacial score (nSPS) is 15.6. The minimum Gasteiger partial charge on any atom is -0.454 e. The van der Waals surface area contributed by atoms with Crippen LogP contribution >= 0.6 is 23.1 Å². The average molecular weight is 370 g/mol. The van der Waals surface area contributed by atoms with Crippen molar-refractivity contribution >= 4 is 33.3 Å². The molecule has 1 aromatic carbocycles. The van der Waals surface area contributed by atoms with E-state index in [1.54, 1.807) is 11.8 Å². The molecule has 0 amide bonds. The second kappa shape index (κ2) is 6.18. The molecule has 0 radical (unpaired) electrons. The van der Waals surface area contributed by atoms with Crippen molar-refractivity contribution in [3.05, 3.63) is 40.0 Å². The summed E-state index contributed by atoms with van der Waals surface area (Å²) >= 11 is 3.66. The first-order chi connectivity index (χ1) is 12.3. The second-order valence-electron chi connectivity index (χ2n) is 6.44. The van der Waals surface area contributed by atoms with E-state index < -0.39 is 0 Å². The van der Waals surface area contributed by atoms with Gasteiger partial charge in [0.1, 0.15) is 15.7 Å². The van der Waals surface area contributed by atoms with E-state index in [2.05, 4.69) is 12.1 Å². The van der Waals surface area contributed by atoms with Crippen LogP contribution in [0.5, 0.6) is 11.5 Å². The highest BCUT2D eigenvalue weighted by Gasteiger charge is 2.21. The molecule has 0 spiro atoms. The van der Waals surface area contributed by atoms with Gasteiger partial charge < -0.3 is 9.47 Å². The minimum atomic E-state index is 0.318. The number of fused-ring (bicyclic) bond motifs is 4. The Balaban J connectivity index is 1.49. The SMILES string of the molecule is Cc1nc(SCc2ccc3c(c2)OCO3)c2c3c(sc2n1)CCCC3. The second-order valence-corrected chi connectivity index (χ2v) is 8.49. The van der Waals surface area contributed by atoms with Gasteiger partial charge in [-0.1, -0.05) is 6.07 Å². The largest absolute Gasteiger partial charge is 0.454 e. The predicted molar refractivity (Wildman–Crippen MR) is 101 cm³/mol. The molecule has 1 aliphatic carbocycles. The molecule has 1 aliphatic heterocycles. The summed E-state index contributed by atoms with van der Waals surface area (Å²) in [5.74, 6) is 3.41. The standard InChI is InChI=1S/C19H18N2O2S2/c1-11-20-18(17-13-4-2-3-5-16(13)25-19(17)21-11)24-9-12-6-7-14-15(8-12)23-10-22-14/h6-8H,2-5,9-10H2,1H3. The lowest BCUT2D eigenvalue weighted by Crippen LogP contribution is -1.99. The lowest BCUT2D eigenvalue weighted by atomic mass is 9.97. The highest BCUT2D eigenvalue weighted by atomic mass is 32.2. The quantitative estimate of drug-likeness (QED) is 0.485. The van der Waals surface area contributed by atoms with E-state index >= 15 is 0 Å². The molecular weight excluding hydrogens is 352 g/mol. The third-order valence-electron chi connectivity index (χ3n) is 4.71. The molecule has 0 atom stereocenters. The van der Waals surface area contributed by atoms with Gasteiger partial charge in [0, 0.05) is 16.0 Å². The van der Waals surface area contributed by atoms with Crippen LogP contribution in [0.15, 0.2) is 23.2 Å². The number of aromatic nitrogens is 2. The zero-order chi connectivity index (χ0) is 16.8. The Hall–Kier alpha value is -1.79. The van der Waals surface area contributed by atoms with Gasteiger partial charge in [-0.2, -0.15) is 0 Å². The highest BCUT2D eigenvalue weighted by Crippen LogP contribution is 2.41. The molecule has 3 aromatic rings. The van der Waals surface area contributed by atoms with Crippen LogP contribution in [0.2, 0.25) is 0 Å². The maximum atomic E-state index is 5.49. The molecule has 128 valence electrons. The first-order valence-electron chi connectivity index (χ1n) is 8.58. The average Bonchev–Trinajstić information content (AvgIpc) is 3.22. The molecule has 2 aliphatic rings. The molecule has 2 aromatic heterocycles. The molecule has 5 rings (SSSR count). The summed E-state index contributed by atoms with van der Waals surface area (Å²) in [7, 11) is 0. The van der Waals surface area contributed by atoms with Gasteiger partial charge in [0.05, 0.1) is 0 Å². The van der Waals surface area contributed by atoms with Crippen molar-refractivity contribution in [2.75, 3.05) is 6.79 Å². The molecule has 6 heteroatoms. The summed E-state index contributed by atoms with van der Waals surface area (Å²) in [6.07, 6.45) is 4.94. The Labute approximate surface area is 154 Å². The molecule has 25 heavy (non-hydrogen) atoms. The molecule has 0 saturated heterocycles. The summed E-state index contributed by atoms with van der Waals surface area (Å²) in [4.78, 5) is 12.2. The van der Waals surface area contributed by atoms with E-state index in [9.17, 15) is 0 Å². The van der Waals surface area contributed by atoms with E-state index in [0.717, 1.165) is 32.9 Å². The number of ether oxygens (including phenoxy) is 2. The third kappa shape index (κ3) is 2.77. The van der Waals surface area contributed by atoms with E-state index in [1.165, 1.54) is 47.1 Å². The van der Waals surface area contributed by atoms with Gasteiger partial charge in [-0.05, 0) is 55.9 Å². The number of benzene rings is 1. The fraction of sp³-hybridized carbons (Fsp3) is 0.368. The van der Waals surface area contributed by atoms with Crippen molar-refractivity contribution in [1.29, 1.82) is 0 Å². The van der Waals surface area contributed by atoms with Crippen LogP contribution in [-0.4, -0.2) is 16.8 Å². The number of hydrogen-bond acceptors (Lipinski definition) is 6. The summed E-state index contributed by atoms with van der Waals surface area (Å²) in [6.45, 7) is 2.31. The third-order valence-corrected chi connectivity index (χ3v) is 6.94. The summed E-state index contributed by atoms with van der Waals surface area (Å²) < 4.78 is 10.9. The Morgan fingerprint density at radius 2 is 2.00 bits per heavy atom. The van der Waals surface area contributed by atoms with Crippen LogP contribution in [0.1, 0.15) is 34.7 Å². The minimum absolute atomic E-state index is 0.318. The lowest BCUT2D eigenvalue weighted by molar-refractivity contribution is 0.174. The number of thioether (sulfide) groups is 1. The fourth-order valence-corrected chi connectivity index (χ4v) is 5.93. The zero-order valence-electron chi connectivity index (χ0n) is 14.0. The Bertz CT molecular complexity index is 968. The molecule has 0 bridgehead atoms. The van der Waals surface area contributed by atoms with Gasteiger partial charge in [-0.25, -0.2) is 9.97 Å². The maximum absolute atomic E-state index is 5.49. The number of rotatable bonds is 3. The van der Waals surface area contributed by atoms with Gasteiger partial charge in [-0.15, -0.1) is 23.1 Å². The first-order valence-corrected chi connectivity index (χ1v) is 10.4. The molecule has 0 fully saturated rings. The van der Waals surface area contributed by atoms with Crippen LogP contribution in [0.4, 0.5) is 0 Å². The Kier molecular flexibility index (Phi) is 3.82. The van der Waals surface area contributed by atoms with Crippen molar-refractivity contribution in [3.63, 3.8) is 0 Å². The topological polar surface area (TPSA) is 44.2 Å². The molecule has 4 nitrogen and oxygen atoms in total. The van der Waals surface area contributed by atoms with Gasteiger partial charge in [-0.3, -0.25) is 0 Å². The van der Waals surface area contributed by atoms with Crippen molar-refractivity contribution in [2.24, 2.45) is 0 Å². The number of nitrogens with zero attached hydrogens (tertiary/aromatic N) is 2. The number of hydrogen-bond donors (Lipinski definition) is 0. The van der Waals surface area contributed by atoms with Crippen LogP contribution in [0.3, 0.4) is 0 Å². The maximum Gasteiger partial charge on any atom is 0.231 e. The fourth-order valence-electron chi connectivity index (χ4n) is 3.51. The summed E-state index contributed by atoms with van der Waals surface area (Å²) in [6, 6.07) is 6.17. The molecule has 0 saturated carbocycles. The zero-order valence-corrected chi connectivity index (χ0v) is 15.6. The van der Waals surface area contributed by atoms with Gasteiger partial charge >= 0.3 is 0 Å². The Morgan fingerprint density at radius 1 is 1.12 bits per heavy atom. The van der Waals surface area contributed by atoms with Crippen molar-refractivity contribution < 1.29 is 9.47 Å². The van der Waals surface area contributed by atoms with Crippen LogP contribution in [0, 0.1) is 6.92 Å². The summed E-state index contributed by atoms with van der Waals surface area (Å²) in [5.41, 5.74) is 2.72. The number of aryl methyl sites for hydroxylation is 3. The monoisotopic (exact) mass is 370 g/mol. The molecular formula is C19H18N2O2S2. The predicted octanol–water partition coefficient (Wildman–Crippen LogP) is 4.90. The molecule has 3 heterocycles. The van der Waals surface area contributed by atoms with E-state index in [1.807, 2.05) is 24.3 Å². The van der Waals surface area contributed by atoms with Crippen molar-refractivity contribution in [3.8, 4) is 11.5 Å². The smallest absolute Gasteiger partial charge is 0.231 e. The van der Waals surface area contributed by atoms with Crippen LogP contribution < -0.4 is 9.47 Å². The van der Waals surface area contributed by atoms with Gasteiger partial charge in [0.2, 0.25) is 6.79 Å². The van der Waals surface area contributed by atoms with Crippen molar-refractivity contribution in [1.82, 2.24) is 9.97 Å². The highest BCUT2D eigenvalue weighted by molar-refractivity contribution is 7.98. The van der Waals surface area contributed by atoms with E-state index in [-0.39, 0.29) is 0 Å². The summed E-state index contributed by atoms with van der Waals surface area (Å²) in [5, 5.41) is 2.43.